The molecule has 0 saturated heterocycles. The van der Waals surface area contributed by atoms with Crippen molar-refractivity contribution in [2.45, 2.75) is 54.4 Å². The van der Waals surface area contributed by atoms with Crippen molar-refractivity contribution in [2.75, 3.05) is 0 Å². The lowest BCUT2D eigenvalue weighted by Crippen LogP contribution is -1.58. The van der Waals surface area contributed by atoms with Gasteiger partial charge in [0.25, 0.3) is 0 Å². The van der Waals surface area contributed by atoms with Gasteiger partial charge in [0.15, 0.2) is 0 Å². The van der Waals surface area contributed by atoms with Crippen LogP contribution in [0.3, 0.4) is 0 Å². The largest absolute Gasteiger partial charge is 0.0919 e. The van der Waals surface area contributed by atoms with Gasteiger partial charge in [0.1, 0.15) is 0 Å². The Balaban J connectivity index is 0.000000183. The molecule has 0 N–H and O–H groups in total. The highest BCUT2D eigenvalue weighted by Crippen LogP contribution is 2.36. The molecule has 0 amide bonds. The summed E-state index contributed by atoms with van der Waals surface area (Å²) in [5, 5.41) is 0. The van der Waals surface area contributed by atoms with E-state index in [4.69, 9.17) is 0 Å². The zero-order valence-corrected chi connectivity index (χ0v) is 10.9. The van der Waals surface area contributed by atoms with Gasteiger partial charge in [-0.05, 0) is 50.4 Å². The van der Waals surface area contributed by atoms with Crippen LogP contribution in [0.1, 0.15) is 54.4 Å². The minimum atomic E-state index is 1.05. The van der Waals surface area contributed by atoms with Gasteiger partial charge >= 0.3 is 0 Å². The van der Waals surface area contributed by atoms with Crippen molar-refractivity contribution in [3.63, 3.8) is 0 Å². The molecule has 14 heavy (non-hydrogen) atoms. The average Bonchev–Trinajstić information content (AvgIpc) is 2.99. The highest BCUT2D eigenvalue weighted by Gasteiger charge is 2.26. The molecule has 0 aromatic heterocycles. The van der Waals surface area contributed by atoms with E-state index in [-0.39, 0.29) is 0 Å². The Morgan fingerprint density at radius 3 is 0.786 bits per heavy atom. The van der Waals surface area contributed by atoms with Gasteiger partial charge in [-0.2, -0.15) is 0 Å². The van der Waals surface area contributed by atoms with Crippen LogP contribution >= 0.6 is 0 Å². The first kappa shape index (κ1) is 13.7. The van der Waals surface area contributed by atoms with Crippen LogP contribution in [0.15, 0.2) is 12.2 Å². The maximum Gasteiger partial charge on any atom is -0.0414 e. The van der Waals surface area contributed by atoms with Gasteiger partial charge in [-0.1, -0.05) is 39.8 Å². The van der Waals surface area contributed by atoms with Gasteiger partial charge in [-0.15, -0.1) is 0 Å². The molecule has 2 aliphatic rings. The third-order valence-corrected chi connectivity index (χ3v) is 3.36. The Bertz CT molecular complexity index is 127. The molecule has 0 aliphatic heterocycles. The fraction of sp³-hybridized carbons (Fsp3) is 0.857. The van der Waals surface area contributed by atoms with Crippen LogP contribution in [0.4, 0.5) is 0 Å². The molecular weight excluding hydrogens is 168 g/mol. The first-order valence-corrected chi connectivity index (χ1v) is 6.10. The molecule has 4 atom stereocenters. The van der Waals surface area contributed by atoms with Gasteiger partial charge in [-0.25, -0.2) is 0 Å². The minimum Gasteiger partial charge on any atom is -0.0919 e. The summed E-state index contributed by atoms with van der Waals surface area (Å²) in [7, 11) is 0. The van der Waals surface area contributed by atoms with Gasteiger partial charge in [-0.3, -0.25) is 0 Å². The Hall–Kier alpha value is -0.260. The fourth-order valence-corrected chi connectivity index (χ4v) is 1.02. The standard InChI is InChI=1S/2C5H10.C4H8/c2*1-4-3-5(4)2;1-3-4-2/h2*4-5H,3H2,1-2H3;3-4H,1-2H3/b;;4-3-/t4-,5?;;/m0../s1. The SMILES string of the molecule is C/C=C\C.CC1CC1C.CC1C[C@@H]1C. The van der Waals surface area contributed by atoms with E-state index >= 15 is 0 Å². The molecule has 0 spiro atoms. The summed E-state index contributed by atoms with van der Waals surface area (Å²) < 4.78 is 0. The summed E-state index contributed by atoms with van der Waals surface area (Å²) >= 11 is 0. The van der Waals surface area contributed by atoms with Crippen molar-refractivity contribution >= 4 is 0 Å². The van der Waals surface area contributed by atoms with Gasteiger partial charge in [0.2, 0.25) is 0 Å². The summed E-state index contributed by atoms with van der Waals surface area (Å²) in [6, 6.07) is 0. The topological polar surface area (TPSA) is 0 Å². The Labute approximate surface area is 90.8 Å². The Morgan fingerprint density at radius 1 is 0.643 bits per heavy atom. The van der Waals surface area contributed by atoms with Crippen LogP contribution < -0.4 is 0 Å². The van der Waals surface area contributed by atoms with E-state index < -0.39 is 0 Å². The molecule has 3 unspecified atom stereocenters. The molecule has 0 aromatic rings. The Kier molecular flexibility index (Phi) is 6.96. The van der Waals surface area contributed by atoms with Crippen LogP contribution in [-0.2, 0) is 0 Å². The van der Waals surface area contributed by atoms with Crippen molar-refractivity contribution in [3.05, 3.63) is 12.2 Å². The summed E-state index contributed by atoms with van der Waals surface area (Å²) in [6.07, 6.45) is 6.94. The van der Waals surface area contributed by atoms with Crippen LogP contribution in [-0.4, -0.2) is 0 Å². The molecule has 84 valence electrons. The second-order valence-corrected chi connectivity index (χ2v) is 5.05. The molecular formula is C14H28. The average molecular weight is 196 g/mol. The summed E-state index contributed by atoms with van der Waals surface area (Å²) in [5.74, 6) is 4.20. The maximum absolute atomic E-state index is 2.30. The lowest BCUT2D eigenvalue weighted by atomic mass is 10.4. The third-order valence-electron chi connectivity index (χ3n) is 3.36. The van der Waals surface area contributed by atoms with Crippen LogP contribution in [0, 0.1) is 23.7 Å². The zero-order chi connectivity index (χ0) is 11.1. The summed E-state index contributed by atoms with van der Waals surface area (Å²) in [4.78, 5) is 0. The van der Waals surface area contributed by atoms with Crippen molar-refractivity contribution in [1.29, 1.82) is 0 Å². The predicted octanol–water partition coefficient (Wildman–Crippen LogP) is 4.91. The van der Waals surface area contributed by atoms with Crippen molar-refractivity contribution in [3.8, 4) is 0 Å². The molecule has 2 fully saturated rings. The van der Waals surface area contributed by atoms with Crippen LogP contribution in [0.5, 0.6) is 0 Å². The molecule has 0 aromatic carbocycles. The number of hydrogen-bond donors (Lipinski definition) is 0. The van der Waals surface area contributed by atoms with Crippen molar-refractivity contribution in [2.24, 2.45) is 23.7 Å². The van der Waals surface area contributed by atoms with E-state index in [0.29, 0.717) is 0 Å². The van der Waals surface area contributed by atoms with E-state index in [9.17, 15) is 0 Å². The lowest BCUT2D eigenvalue weighted by Gasteiger charge is -1.66. The van der Waals surface area contributed by atoms with E-state index in [0.717, 1.165) is 23.7 Å². The molecule has 0 radical (unpaired) electrons. The van der Waals surface area contributed by atoms with Crippen LogP contribution in [0.2, 0.25) is 0 Å². The second kappa shape index (κ2) is 7.09. The number of hydrogen-bond acceptors (Lipinski definition) is 0. The van der Waals surface area contributed by atoms with E-state index in [1.165, 1.54) is 12.8 Å². The molecule has 0 nitrogen and oxygen atoms in total. The van der Waals surface area contributed by atoms with E-state index in [2.05, 4.69) is 27.7 Å². The van der Waals surface area contributed by atoms with Gasteiger partial charge < -0.3 is 0 Å². The fourth-order valence-electron chi connectivity index (χ4n) is 1.02. The van der Waals surface area contributed by atoms with Gasteiger partial charge in [0, 0.05) is 0 Å². The first-order chi connectivity index (χ1) is 6.52. The van der Waals surface area contributed by atoms with Gasteiger partial charge in [0.05, 0.1) is 0 Å². The van der Waals surface area contributed by atoms with Crippen LogP contribution in [0.25, 0.3) is 0 Å². The monoisotopic (exact) mass is 196 g/mol. The third kappa shape index (κ3) is 8.34. The number of allylic oxidation sites excluding steroid dienone is 2. The minimum absolute atomic E-state index is 1.05. The Morgan fingerprint density at radius 2 is 0.786 bits per heavy atom. The molecule has 2 aliphatic carbocycles. The normalized spacial score (nSPS) is 37.9. The smallest absolute Gasteiger partial charge is 0.0414 e. The lowest BCUT2D eigenvalue weighted by molar-refractivity contribution is 0.834. The highest BCUT2D eigenvalue weighted by molar-refractivity contribution is 4.77. The molecule has 2 rings (SSSR count). The predicted molar refractivity (Wildman–Crippen MR) is 66.4 cm³/mol. The number of rotatable bonds is 0. The molecule has 0 bridgehead atoms. The molecule has 0 heterocycles. The van der Waals surface area contributed by atoms with E-state index in [1.807, 2.05) is 26.0 Å². The summed E-state index contributed by atoms with van der Waals surface area (Å²) in [6.45, 7) is 13.2. The molecule has 0 heteroatoms. The van der Waals surface area contributed by atoms with Crippen molar-refractivity contribution in [1.82, 2.24) is 0 Å². The summed E-state index contributed by atoms with van der Waals surface area (Å²) in [5.41, 5.74) is 0. The van der Waals surface area contributed by atoms with Crippen molar-refractivity contribution < 1.29 is 0 Å². The quantitative estimate of drug-likeness (QED) is 0.483. The zero-order valence-electron chi connectivity index (χ0n) is 10.9. The second-order valence-electron chi connectivity index (χ2n) is 5.05. The first-order valence-electron chi connectivity index (χ1n) is 6.10. The maximum atomic E-state index is 2.30. The van der Waals surface area contributed by atoms with E-state index in [1.54, 1.807) is 0 Å². The molecule has 2 saturated carbocycles. The highest BCUT2D eigenvalue weighted by atomic mass is 14.3.